The maximum absolute atomic E-state index is 12.4. The fraction of sp³-hybridized carbons (Fsp3) is 0.250. The molecule has 4 rings (SSSR count). The van der Waals surface area contributed by atoms with Crippen molar-refractivity contribution in [3.63, 3.8) is 0 Å². The maximum atomic E-state index is 12.4. The predicted molar refractivity (Wildman–Crippen MR) is 88.2 cm³/mol. The van der Waals surface area contributed by atoms with Gasteiger partial charge in [-0.1, -0.05) is 0 Å². The molecule has 2 bridgehead atoms. The summed E-state index contributed by atoms with van der Waals surface area (Å²) in [6, 6.07) is 4.73. The van der Waals surface area contributed by atoms with Gasteiger partial charge in [0.05, 0.1) is 13.2 Å². The molecule has 3 aromatic heterocycles. The standard InChI is InChI=1S/C16H15N5O4/c17-13(22)9-3-4-11-19-15(9)25-8-2-1-7-24-10-5-6-18-14-12(10)21(11)16(23)20-14/h3-6H,1-2,7-8H2,(H2,17,22)(H,18,20,23). The van der Waals surface area contributed by atoms with Crippen LogP contribution in [0.15, 0.2) is 29.2 Å². The van der Waals surface area contributed by atoms with E-state index in [0.29, 0.717) is 30.1 Å². The van der Waals surface area contributed by atoms with Gasteiger partial charge in [-0.15, -0.1) is 0 Å². The second-order valence-electron chi connectivity index (χ2n) is 5.56. The first-order valence-electron chi connectivity index (χ1n) is 7.82. The van der Waals surface area contributed by atoms with Gasteiger partial charge in [-0.25, -0.2) is 14.3 Å². The number of carbonyl (C=O) groups excluding carboxylic acids is 1. The number of carbonyl (C=O) groups is 1. The Balaban J connectivity index is 2.01. The average molecular weight is 341 g/mol. The Morgan fingerprint density at radius 2 is 2.00 bits per heavy atom. The number of aromatic nitrogens is 4. The Labute approximate surface area is 141 Å². The molecular weight excluding hydrogens is 326 g/mol. The minimum Gasteiger partial charge on any atom is -0.491 e. The van der Waals surface area contributed by atoms with E-state index in [9.17, 15) is 9.59 Å². The van der Waals surface area contributed by atoms with Gasteiger partial charge in [0.15, 0.2) is 5.65 Å². The van der Waals surface area contributed by atoms with E-state index < -0.39 is 11.6 Å². The molecule has 0 aliphatic carbocycles. The van der Waals surface area contributed by atoms with E-state index in [1.54, 1.807) is 12.3 Å². The molecule has 3 aromatic rings. The van der Waals surface area contributed by atoms with Crippen molar-refractivity contribution >= 4 is 17.1 Å². The first-order chi connectivity index (χ1) is 12.1. The Hall–Kier alpha value is -3.36. The summed E-state index contributed by atoms with van der Waals surface area (Å²) in [4.78, 5) is 35.2. The Bertz CT molecular complexity index is 1020. The van der Waals surface area contributed by atoms with Crippen LogP contribution in [0.4, 0.5) is 0 Å². The topological polar surface area (TPSA) is 125 Å². The molecule has 9 nitrogen and oxygen atoms in total. The normalized spacial score (nSPS) is 14.1. The lowest BCUT2D eigenvalue weighted by Gasteiger charge is -2.14. The molecular formula is C16H15N5O4. The van der Waals surface area contributed by atoms with Crippen LogP contribution >= 0.6 is 0 Å². The van der Waals surface area contributed by atoms with Gasteiger partial charge in [0.25, 0.3) is 5.91 Å². The lowest BCUT2D eigenvalue weighted by atomic mass is 10.2. The van der Waals surface area contributed by atoms with Gasteiger partial charge in [-0.3, -0.25) is 9.78 Å². The van der Waals surface area contributed by atoms with Crippen molar-refractivity contribution in [3.8, 4) is 17.4 Å². The molecule has 9 heteroatoms. The third-order valence-corrected chi connectivity index (χ3v) is 3.91. The molecule has 0 spiro atoms. The number of aromatic amines is 1. The maximum Gasteiger partial charge on any atom is 0.333 e. The first kappa shape index (κ1) is 15.2. The fourth-order valence-electron chi connectivity index (χ4n) is 2.75. The van der Waals surface area contributed by atoms with Crippen molar-refractivity contribution in [2.75, 3.05) is 13.2 Å². The van der Waals surface area contributed by atoms with Gasteiger partial charge in [0.1, 0.15) is 22.6 Å². The van der Waals surface area contributed by atoms with E-state index in [4.69, 9.17) is 15.2 Å². The van der Waals surface area contributed by atoms with Gasteiger partial charge >= 0.3 is 5.69 Å². The van der Waals surface area contributed by atoms with Crippen LogP contribution < -0.4 is 20.9 Å². The van der Waals surface area contributed by atoms with E-state index in [-0.39, 0.29) is 17.3 Å². The number of hydrogen-bond acceptors (Lipinski definition) is 6. The van der Waals surface area contributed by atoms with Crippen LogP contribution in [-0.2, 0) is 0 Å². The number of hydrogen-bond donors (Lipinski definition) is 2. The zero-order valence-corrected chi connectivity index (χ0v) is 13.2. The van der Waals surface area contributed by atoms with E-state index >= 15 is 0 Å². The van der Waals surface area contributed by atoms with Crippen LogP contribution in [0.3, 0.4) is 0 Å². The van der Waals surface area contributed by atoms with E-state index in [2.05, 4.69) is 15.0 Å². The molecule has 1 aliphatic heterocycles. The van der Waals surface area contributed by atoms with Crippen LogP contribution in [0, 0.1) is 0 Å². The lowest BCUT2D eigenvalue weighted by molar-refractivity contribution is 0.0995. The first-order valence-corrected chi connectivity index (χ1v) is 7.82. The van der Waals surface area contributed by atoms with Gasteiger partial charge in [0, 0.05) is 12.3 Å². The summed E-state index contributed by atoms with van der Waals surface area (Å²) in [5, 5.41) is 0. The molecule has 1 aliphatic rings. The highest BCUT2D eigenvalue weighted by molar-refractivity contribution is 5.95. The zero-order chi connectivity index (χ0) is 17.4. The third kappa shape index (κ3) is 2.59. The monoisotopic (exact) mass is 341 g/mol. The van der Waals surface area contributed by atoms with E-state index in [0.717, 1.165) is 12.8 Å². The minimum absolute atomic E-state index is 0.109. The van der Waals surface area contributed by atoms with Crippen LogP contribution in [-0.4, -0.2) is 38.6 Å². The van der Waals surface area contributed by atoms with Gasteiger partial charge in [0.2, 0.25) is 5.88 Å². The molecule has 4 heterocycles. The Kier molecular flexibility index (Phi) is 3.60. The largest absolute Gasteiger partial charge is 0.491 e. The summed E-state index contributed by atoms with van der Waals surface area (Å²) in [7, 11) is 0. The van der Waals surface area contributed by atoms with E-state index in [1.165, 1.54) is 16.7 Å². The van der Waals surface area contributed by atoms with Crippen LogP contribution in [0.1, 0.15) is 23.2 Å². The van der Waals surface area contributed by atoms with Gasteiger partial charge in [-0.05, 0) is 25.0 Å². The molecule has 0 atom stereocenters. The number of ether oxygens (including phenoxy) is 2. The number of nitrogens with one attached hydrogen (secondary N) is 1. The molecule has 0 saturated heterocycles. The van der Waals surface area contributed by atoms with E-state index in [1.807, 2.05) is 0 Å². The molecule has 25 heavy (non-hydrogen) atoms. The van der Waals surface area contributed by atoms with Gasteiger partial charge in [-0.2, -0.15) is 4.98 Å². The van der Waals surface area contributed by atoms with Crippen molar-refractivity contribution in [1.29, 1.82) is 0 Å². The summed E-state index contributed by atoms with van der Waals surface area (Å²) in [6.45, 7) is 0.826. The van der Waals surface area contributed by atoms with Crippen LogP contribution in [0.2, 0.25) is 0 Å². The van der Waals surface area contributed by atoms with Crippen molar-refractivity contribution in [3.05, 3.63) is 40.4 Å². The summed E-state index contributed by atoms with van der Waals surface area (Å²) < 4.78 is 12.7. The second kappa shape index (κ2) is 5.93. The zero-order valence-electron chi connectivity index (χ0n) is 13.2. The Morgan fingerprint density at radius 3 is 2.80 bits per heavy atom. The molecule has 128 valence electrons. The van der Waals surface area contributed by atoms with Crippen molar-refractivity contribution in [1.82, 2.24) is 19.5 Å². The van der Waals surface area contributed by atoms with Crippen LogP contribution in [0.25, 0.3) is 17.0 Å². The number of amides is 1. The Morgan fingerprint density at radius 1 is 1.20 bits per heavy atom. The lowest BCUT2D eigenvalue weighted by Crippen LogP contribution is -2.19. The highest BCUT2D eigenvalue weighted by atomic mass is 16.5. The van der Waals surface area contributed by atoms with Crippen molar-refractivity contribution in [2.45, 2.75) is 12.8 Å². The predicted octanol–water partition coefficient (Wildman–Crippen LogP) is 0.759. The molecule has 3 N–H and O–H groups in total. The van der Waals surface area contributed by atoms with Crippen molar-refractivity contribution in [2.24, 2.45) is 5.73 Å². The molecule has 1 amide bonds. The minimum atomic E-state index is -0.641. The number of nitrogens with zero attached hydrogens (tertiary/aromatic N) is 3. The molecule has 0 aromatic carbocycles. The second-order valence-corrected chi connectivity index (χ2v) is 5.56. The highest BCUT2D eigenvalue weighted by Gasteiger charge is 2.19. The summed E-state index contributed by atoms with van der Waals surface area (Å²) in [5.41, 5.74) is 6.01. The van der Waals surface area contributed by atoms with Crippen molar-refractivity contribution < 1.29 is 14.3 Å². The third-order valence-electron chi connectivity index (χ3n) is 3.91. The van der Waals surface area contributed by atoms with Gasteiger partial charge < -0.3 is 15.2 Å². The fourth-order valence-corrected chi connectivity index (χ4v) is 2.75. The van der Waals surface area contributed by atoms with Crippen LogP contribution in [0.5, 0.6) is 11.6 Å². The molecule has 0 unspecified atom stereocenters. The smallest absolute Gasteiger partial charge is 0.333 e. The number of rotatable bonds is 1. The summed E-state index contributed by atoms with van der Waals surface area (Å²) in [5.74, 6) is 0.290. The number of nitrogens with two attached hydrogens (primary N) is 1. The highest BCUT2D eigenvalue weighted by Crippen LogP contribution is 2.26. The summed E-state index contributed by atoms with van der Waals surface area (Å²) in [6.07, 6.45) is 3.03. The molecule has 0 fully saturated rings. The SMILES string of the molecule is NC(=O)c1ccc2nc1OCCCCOc1ccnc3[nH]c(=O)n-2c13. The number of H-pyrrole nitrogens is 1. The number of fused-ring (bicyclic) bond motifs is 3. The number of primary amides is 1. The number of pyridine rings is 2. The molecule has 0 saturated carbocycles. The summed E-state index contributed by atoms with van der Waals surface area (Å²) >= 11 is 0. The number of imidazole rings is 1. The quantitative estimate of drug-likeness (QED) is 0.673. The average Bonchev–Trinajstić information content (AvgIpc) is 2.93. The molecule has 0 radical (unpaired) electrons.